The maximum absolute atomic E-state index is 11.5. The second-order valence-corrected chi connectivity index (χ2v) is 6.25. The number of nitrogens with zero attached hydrogens (tertiary/aromatic N) is 2. The number of aliphatic carboxylic acids is 1. The van der Waals surface area contributed by atoms with Crippen LogP contribution in [0.15, 0.2) is 0 Å². The molecule has 0 unspecified atom stereocenters. The molecular formula is C10H12N2O4S. The molecule has 0 atom stereocenters. The zero-order valence-electron chi connectivity index (χ0n) is 9.30. The lowest BCUT2D eigenvalue weighted by Crippen LogP contribution is -2.23. The molecule has 0 spiro atoms. The van der Waals surface area contributed by atoms with Crippen molar-refractivity contribution in [1.29, 1.82) is 0 Å². The molecule has 0 bridgehead atoms. The van der Waals surface area contributed by atoms with Crippen LogP contribution >= 0.6 is 0 Å². The van der Waals surface area contributed by atoms with Crippen LogP contribution in [0, 0.1) is 6.92 Å². The fourth-order valence-electron chi connectivity index (χ4n) is 1.87. The van der Waals surface area contributed by atoms with E-state index in [1.54, 1.807) is 6.92 Å². The monoisotopic (exact) mass is 256 g/mol. The van der Waals surface area contributed by atoms with Gasteiger partial charge in [0.05, 0.1) is 11.5 Å². The van der Waals surface area contributed by atoms with Crippen LogP contribution in [0.2, 0.25) is 0 Å². The highest BCUT2D eigenvalue weighted by atomic mass is 32.2. The van der Waals surface area contributed by atoms with Crippen LogP contribution in [0.5, 0.6) is 0 Å². The molecule has 6 nitrogen and oxygen atoms in total. The summed E-state index contributed by atoms with van der Waals surface area (Å²) in [4.78, 5) is 18.7. The molecule has 0 aromatic carbocycles. The number of carboxylic acids is 1. The van der Waals surface area contributed by atoms with Gasteiger partial charge in [0.25, 0.3) is 0 Å². The summed E-state index contributed by atoms with van der Waals surface area (Å²) in [5, 5.41) is 8.67. The molecule has 0 amide bonds. The molecule has 2 heterocycles. The summed E-state index contributed by atoms with van der Waals surface area (Å²) < 4.78 is 23.0. The first-order valence-corrected chi connectivity index (χ1v) is 6.97. The smallest absolute Gasteiger partial charge is 0.311 e. The third-order valence-corrected chi connectivity index (χ3v) is 4.22. The molecular weight excluding hydrogens is 244 g/mol. The number of aryl methyl sites for hydroxylation is 2. The molecule has 0 radical (unpaired) electrons. The Morgan fingerprint density at radius 3 is 2.76 bits per heavy atom. The van der Waals surface area contributed by atoms with Crippen LogP contribution in [-0.2, 0) is 33.2 Å². The van der Waals surface area contributed by atoms with Gasteiger partial charge in [0.2, 0.25) is 0 Å². The Kier molecular flexibility index (Phi) is 2.86. The predicted molar refractivity (Wildman–Crippen MR) is 59.3 cm³/mol. The van der Waals surface area contributed by atoms with Gasteiger partial charge in [0, 0.05) is 23.4 Å². The van der Waals surface area contributed by atoms with Crippen molar-refractivity contribution in [3.05, 3.63) is 22.8 Å². The van der Waals surface area contributed by atoms with Crippen molar-refractivity contribution in [3.63, 3.8) is 0 Å². The average molecular weight is 256 g/mol. The van der Waals surface area contributed by atoms with E-state index in [2.05, 4.69) is 9.97 Å². The Balaban J connectivity index is 2.43. The third-order valence-electron chi connectivity index (χ3n) is 2.67. The number of carbonyl (C=O) groups is 1. The van der Waals surface area contributed by atoms with Crippen molar-refractivity contribution in [2.24, 2.45) is 0 Å². The Hall–Kier alpha value is -1.50. The van der Waals surface area contributed by atoms with E-state index in [0.29, 0.717) is 23.4 Å². The van der Waals surface area contributed by atoms with E-state index < -0.39 is 15.8 Å². The number of carboxylic acid groups (broad SMARTS) is 1. The van der Waals surface area contributed by atoms with Gasteiger partial charge in [-0.3, -0.25) is 4.79 Å². The van der Waals surface area contributed by atoms with Gasteiger partial charge < -0.3 is 5.11 Å². The van der Waals surface area contributed by atoms with Gasteiger partial charge in [-0.05, 0) is 6.92 Å². The number of hydrogen-bond donors (Lipinski definition) is 1. The lowest BCUT2D eigenvalue weighted by molar-refractivity contribution is -0.136. The van der Waals surface area contributed by atoms with Gasteiger partial charge >= 0.3 is 5.97 Å². The van der Waals surface area contributed by atoms with Crippen molar-refractivity contribution < 1.29 is 18.3 Å². The van der Waals surface area contributed by atoms with Gasteiger partial charge in [-0.1, -0.05) is 0 Å². The molecule has 0 fully saturated rings. The number of sulfone groups is 1. The maximum atomic E-state index is 11.5. The second kappa shape index (κ2) is 4.06. The van der Waals surface area contributed by atoms with Crippen molar-refractivity contribution >= 4 is 15.8 Å². The lowest BCUT2D eigenvalue weighted by atomic mass is 10.1. The van der Waals surface area contributed by atoms with Crippen LogP contribution < -0.4 is 0 Å². The van der Waals surface area contributed by atoms with E-state index in [1.165, 1.54) is 0 Å². The van der Waals surface area contributed by atoms with Gasteiger partial charge in [-0.25, -0.2) is 18.4 Å². The fraction of sp³-hybridized carbons (Fsp3) is 0.500. The predicted octanol–water partition coefficient (Wildman–Crippen LogP) is -0.117. The molecule has 0 aliphatic carbocycles. The maximum Gasteiger partial charge on any atom is 0.311 e. The lowest BCUT2D eigenvalue weighted by Gasteiger charge is -2.17. The summed E-state index contributed by atoms with van der Waals surface area (Å²) in [6, 6.07) is 0. The number of fused-ring (bicyclic) bond motifs is 1. The van der Waals surface area contributed by atoms with Gasteiger partial charge in [-0.15, -0.1) is 0 Å². The first-order valence-electron chi connectivity index (χ1n) is 5.15. The molecule has 1 aromatic rings. The van der Waals surface area contributed by atoms with E-state index in [-0.39, 0.29) is 23.8 Å². The van der Waals surface area contributed by atoms with Gasteiger partial charge in [-0.2, -0.15) is 0 Å². The van der Waals surface area contributed by atoms with Crippen molar-refractivity contribution in [2.45, 2.75) is 25.5 Å². The van der Waals surface area contributed by atoms with E-state index >= 15 is 0 Å². The number of aromatic nitrogens is 2. The molecule has 0 saturated heterocycles. The van der Waals surface area contributed by atoms with Crippen LogP contribution in [0.1, 0.15) is 22.8 Å². The van der Waals surface area contributed by atoms with Crippen LogP contribution in [0.25, 0.3) is 0 Å². The van der Waals surface area contributed by atoms with E-state index in [0.717, 1.165) is 0 Å². The molecule has 2 rings (SSSR count). The zero-order valence-corrected chi connectivity index (χ0v) is 10.1. The van der Waals surface area contributed by atoms with Crippen LogP contribution in [-0.4, -0.2) is 35.2 Å². The third kappa shape index (κ3) is 2.60. The van der Waals surface area contributed by atoms with Crippen LogP contribution in [0.4, 0.5) is 0 Å². The van der Waals surface area contributed by atoms with Crippen molar-refractivity contribution in [3.8, 4) is 0 Å². The summed E-state index contributed by atoms with van der Waals surface area (Å²) in [6.45, 7) is 1.69. The second-order valence-electron chi connectivity index (χ2n) is 4.06. The van der Waals surface area contributed by atoms with Crippen LogP contribution in [0.3, 0.4) is 0 Å². The normalized spacial score (nSPS) is 17.5. The minimum Gasteiger partial charge on any atom is -0.481 e. The summed E-state index contributed by atoms with van der Waals surface area (Å²) in [5.74, 6) is -0.717. The molecule has 92 valence electrons. The summed E-state index contributed by atoms with van der Waals surface area (Å²) in [7, 11) is -3.05. The van der Waals surface area contributed by atoms with E-state index in [9.17, 15) is 13.2 Å². The molecule has 1 aromatic heterocycles. The zero-order chi connectivity index (χ0) is 12.6. The number of hydrogen-bond acceptors (Lipinski definition) is 5. The highest BCUT2D eigenvalue weighted by Crippen LogP contribution is 2.21. The molecule has 17 heavy (non-hydrogen) atoms. The standard InChI is InChI=1S/C10H12N2O4S/c1-6-7-5-17(15,16)3-2-8(7)12-9(11-6)4-10(13)14/h2-5H2,1H3,(H,13,14). The van der Waals surface area contributed by atoms with Gasteiger partial charge in [0.15, 0.2) is 9.84 Å². The summed E-state index contributed by atoms with van der Waals surface area (Å²) >= 11 is 0. The molecule has 1 aliphatic heterocycles. The number of rotatable bonds is 2. The Morgan fingerprint density at radius 2 is 2.12 bits per heavy atom. The molecule has 1 N–H and O–H groups in total. The van der Waals surface area contributed by atoms with Crippen molar-refractivity contribution in [2.75, 3.05) is 5.75 Å². The SMILES string of the molecule is Cc1nc(CC(=O)O)nc2c1CS(=O)(=O)CC2. The topological polar surface area (TPSA) is 97.2 Å². The highest BCUT2D eigenvalue weighted by Gasteiger charge is 2.25. The first kappa shape index (κ1) is 12.0. The largest absolute Gasteiger partial charge is 0.481 e. The van der Waals surface area contributed by atoms with Gasteiger partial charge in [0.1, 0.15) is 12.2 Å². The van der Waals surface area contributed by atoms with Crippen molar-refractivity contribution in [1.82, 2.24) is 9.97 Å². The molecule has 7 heteroatoms. The minimum absolute atomic E-state index is 0.0402. The summed E-state index contributed by atoms with van der Waals surface area (Å²) in [6.07, 6.45) is 0.106. The highest BCUT2D eigenvalue weighted by molar-refractivity contribution is 7.90. The van der Waals surface area contributed by atoms with E-state index in [1.807, 2.05) is 0 Å². The Labute approximate surface area is 98.6 Å². The Bertz CT molecular complexity index is 580. The fourth-order valence-corrected chi connectivity index (χ4v) is 3.34. The van der Waals surface area contributed by atoms with E-state index in [4.69, 9.17) is 5.11 Å². The quantitative estimate of drug-likeness (QED) is 0.792. The minimum atomic E-state index is -3.05. The molecule has 0 saturated carbocycles. The molecule has 1 aliphatic rings. The first-order chi connectivity index (χ1) is 7.87. The average Bonchev–Trinajstić information content (AvgIpc) is 2.18. The summed E-state index contributed by atoms with van der Waals surface area (Å²) in [5.41, 5.74) is 1.86. The Morgan fingerprint density at radius 1 is 1.41 bits per heavy atom.